The fraction of sp³-hybridized carbons (Fsp3) is 0.400. The molecule has 1 aliphatic heterocycles. The van der Waals surface area contributed by atoms with Gasteiger partial charge in [0.15, 0.2) is 0 Å². The smallest absolute Gasteiger partial charge is 0.317 e. The van der Waals surface area contributed by atoms with Crippen LogP contribution in [0.2, 0.25) is 0 Å². The van der Waals surface area contributed by atoms with E-state index < -0.39 is 11.9 Å². The molecule has 0 bridgehead atoms. The molecule has 1 aromatic carbocycles. The van der Waals surface area contributed by atoms with E-state index in [1.54, 1.807) is 4.90 Å². The number of hydrogen-bond acceptors (Lipinski definition) is 4. The van der Waals surface area contributed by atoms with E-state index in [1.807, 2.05) is 6.07 Å². The first-order chi connectivity index (χ1) is 10.6. The zero-order valence-electron chi connectivity index (χ0n) is 12.1. The quantitative estimate of drug-likeness (QED) is 0.734. The van der Waals surface area contributed by atoms with E-state index >= 15 is 0 Å². The van der Waals surface area contributed by atoms with E-state index in [4.69, 9.17) is 10.7 Å². The summed E-state index contributed by atoms with van der Waals surface area (Å²) in [6.45, 7) is 2.69. The molecule has 0 spiro atoms. The Morgan fingerprint density at radius 3 is 2.86 bits per heavy atom. The highest BCUT2D eigenvalue weighted by atomic mass is 19.1. The van der Waals surface area contributed by atoms with E-state index in [9.17, 15) is 9.18 Å². The number of amides is 2. The summed E-state index contributed by atoms with van der Waals surface area (Å²) in [7, 11) is 0. The van der Waals surface area contributed by atoms with Crippen molar-refractivity contribution in [1.29, 1.82) is 10.7 Å². The lowest BCUT2D eigenvalue weighted by molar-refractivity contribution is 0.186. The second-order valence-electron chi connectivity index (χ2n) is 5.06. The van der Waals surface area contributed by atoms with Gasteiger partial charge in [0.05, 0.1) is 17.7 Å². The Labute approximate surface area is 128 Å². The largest absolute Gasteiger partial charge is 0.331 e. The molecule has 2 amide bonds. The second kappa shape index (κ2) is 7.52. The van der Waals surface area contributed by atoms with Crippen molar-refractivity contribution in [2.75, 3.05) is 26.2 Å². The van der Waals surface area contributed by atoms with E-state index in [0.717, 1.165) is 19.2 Å². The van der Waals surface area contributed by atoms with Crippen LogP contribution in [0.1, 0.15) is 23.6 Å². The Morgan fingerprint density at radius 1 is 1.50 bits per heavy atom. The van der Waals surface area contributed by atoms with Crippen LogP contribution in [0.25, 0.3) is 0 Å². The van der Waals surface area contributed by atoms with Gasteiger partial charge in [0.2, 0.25) is 0 Å². The highest BCUT2D eigenvalue weighted by Gasteiger charge is 2.21. The van der Waals surface area contributed by atoms with Crippen LogP contribution in [0.3, 0.4) is 0 Å². The number of piperazine rings is 1. The zero-order valence-corrected chi connectivity index (χ0v) is 12.1. The van der Waals surface area contributed by atoms with Gasteiger partial charge >= 0.3 is 6.03 Å². The maximum atomic E-state index is 13.6. The SMILES string of the molecule is N#Cc1cc(F)cc([C@H](CC=N)NC(=O)N2CCNCC2)c1. The molecule has 1 aliphatic rings. The van der Waals surface area contributed by atoms with Crippen molar-refractivity contribution < 1.29 is 9.18 Å². The number of nitrogens with zero attached hydrogens (tertiary/aromatic N) is 2. The summed E-state index contributed by atoms with van der Waals surface area (Å²) >= 11 is 0. The Kier molecular flexibility index (Phi) is 5.44. The van der Waals surface area contributed by atoms with Gasteiger partial charge in [-0.15, -0.1) is 0 Å². The Bertz CT molecular complexity index is 592. The molecule has 1 aromatic rings. The number of hydrogen-bond donors (Lipinski definition) is 3. The molecule has 1 atom stereocenters. The number of carbonyl (C=O) groups excluding carboxylic acids is 1. The third-order valence-corrected chi connectivity index (χ3v) is 3.51. The molecule has 7 heteroatoms. The Hall–Kier alpha value is -2.46. The van der Waals surface area contributed by atoms with Crippen molar-refractivity contribution in [3.63, 3.8) is 0 Å². The topological polar surface area (TPSA) is 92.0 Å². The normalized spacial score (nSPS) is 15.7. The van der Waals surface area contributed by atoms with Gasteiger partial charge in [0, 0.05) is 32.6 Å². The molecule has 0 saturated carbocycles. The van der Waals surface area contributed by atoms with Gasteiger partial charge in [-0.1, -0.05) is 0 Å². The molecule has 0 aromatic heterocycles. The molecule has 0 aliphatic carbocycles. The van der Waals surface area contributed by atoms with Crippen molar-refractivity contribution in [3.8, 4) is 6.07 Å². The summed E-state index contributed by atoms with van der Waals surface area (Å²) in [5.74, 6) is -0.527. The van der Waals surface area contributed by atoms with Crippen molar-refractivity contribution >= 4 is 12.2 Å². The van der Waals surface area contributed by atoms with E-state index in [-0.39, 0.29) is 18.0 Å². The van der Waals surface area contributed by atoms with Crippen LogP contribution in [0.4, 0.5) is 9.18 Å². The maximum absolute atomic E-state index is 13.6. The number of carbonyl (C=O) groups is 1. The molecule has 0 unspecified atom stereocenters. The first-order valence-corrected chi connectivity index (χ1v) is 7.09. The highest BCUT2D eigenvalue weighted by Crippen LogP contribution is 2.19. The minimum atomic E-state index is -0.527. The van der Waals surface area contributed by atoms with Gasteiger partial charge in [0.25, 0.3) is 0 Å². The number of benzene rings is 1. The molecule has 0 radical (unpaired) electrons. The van der Waals surface area contributed by atoms with Crippen LogP contribution in [-0.4, -0.2) is 43.3 Å². The molecule has 1 saturated heterocycles. The van der Waals surface area contributed by atoms with Gasteiger partial charge in [-0.3, -0.25) is 0 Å². The molecule has 1 fully saturated rings. The summed E-state index contributed by atoms with van der Waals surface area (Å²) in [6, 6.07) is 5.09. The zero-order chi connectivity index (χ0) is 15.9. The van der Waals surface area contributed by atoms with Crippen LogP contribution in [0.15, 0.2) is 18.2 Å². The fourth-order valence-electron chi connectivity index (χ4n) is 2.38. The second-order valence-corrected chi connectivity index (χ2v) is 5.06. The molecule has 2 rings (SSSR count). The number of halogens is 1. The van der Waals surface area contributed by atoms with Gasteiger partial charge in [0.1, 0.15) is 5.82 Å². The molecule has 1 heterocycles. The van der Waals surface area contributed by atoms with Crippen molar-refractivity contribution in [1.82, 2.24) is 15.5 Å². The van der Waals surface area contributed by atoms with Crippen LogP contribution < -0.4 is 10.6 Å². The van der Waals surface area contributed by atoms with Crippen LogP contribution in [0.5, 0.6) is 0 Å². The fourth-order valence-corrected chi connectivity index (χ4v) is 2.38. The number of rotatable bonds is 4. The summed E-state index contributed by atoms with van der Waals surface area (Å²) in [4.78, 5) is 13.9. The lowest BCUT2D eigenvalue weighted by Crippen LogP contribution is -2.50. The molecule has 22 heavy (non-hydrogen) atoms. The number of nitrogens with one attached hydrogen (secondary N) is 3. The third-order valence-electron chi connectivity index (χ3n) is 3.51. The molecule has 6 nitrogen and oxygen atoms in total. The number of urea groups is 1. The van der Waals surface area contributed by atoms with Crippen molar-refractivity contribution in [2.45, 2.75) is 12.5 Å². The average Bonchev–Trinajstić information content (AvgIpc) is 2.54. The van der Waals surface area contributed by atoms with Gasteiger partial charge in [-0.2, -0.15) is 5.26 Å². The Morgan fingerprint density at radius 2 is 2.23 bits per heavy atom. The highest BCUT2D eigenvalue weighted by molar-refractivity contribution is 5.75. The lowest BCUT2D eigenvalue weighted by Gasteiger charge is -2.29. The van der Waals surface area contributed by atoms with Crippen molar-refractivity contribution in [2.24, 2.45) is 0 Å². The van der Waals surface area contributed by atoms with Crippen molar-refractivity contribution in [3.05, 3.63) is 35.1 Å². The van der Waals surface area contributed by atoms with Crippen LogP contribution >= 0.6 is 0 Å². The Balaban J connectivity index is 2.15. The van der Waals surface area contributed by atoms with Crippen LogP contribution in [0, 0.1) is 22.6 Å². The lowest BCUT2D eigenvalue weighted by atomic mass is 10.0. The first-order valence-electron chi connectivity index (χ1n) is 7.09. The maximum Gasteiger partial charge on any atom is 0.317 e. The predicted molar refractivity (Wildman–Crippen MR) is 80.2 cm³/mol. The minimum absolute atomic E-state index is 0.196. The van der Waals surface area contributed by atoms with E-state index in [1.165, 1.54) is 18.3 Å². The van der Waals surface area contributed by atoms with Gasteiger partial charge in [-0.25, -0.2) is 9.18 Å². The molecular weight excluding hydrogens is 285 g/mol. The molecular formula is C15H18FN5O. The molecule has 116 valence electrons. The first kappa shape index (κ1) is 15.9. The summed E-state index contributed by atoms with van der Waals surface area (Å²) in [6.07, 6.45) is 1.41. The van der Waals surface area contributed by atoms with Gasteiger partial charge in [-0.05, 0) is 30.0 Å². The van der Waals surface area contributed by atoms with E-state index in [2.05, 4.69) is 10.6 Å². The van der Waals surface area contributed by atoms with Crippen LogP contribution in [-0.2, 0) is 0 Å². The minimum Gasteiger partial charge on any atom is -0.331 e. The third kappa shape index (κ3) is 4.02. The predicted octanol–water partition coefficient (Wildman–Crippen LogP) is 1.39. The summed E-state index contributed by atoms with van der Waals surface area (Å²) < 4.78 is 13.6. The van der Waals surface area contributed by atoms with E-state index in [0.29, 0.717) is 18.7 Å². The monoisotopic (exact) mass is 303 g/mol. The molecule has 3 N–H and O–H groups in total. The van der Waals surface area contributed by atoms with Gasteiger partial charge < -0.3 is 20.9 Å². The summed E-state index contributed by atoms with van der Waals surface area (Å²) in [5, 5.41) is 22.2. The standard InChI is InChI=1S/C15H18FN5O/c16-13-8-11(10-18)7-12(9-13)14(1-2-17)20-15(22)21-5-3-19-4-6-21/h2,7-9,14,17,19H,1,3-6H2,(H,20,22)/t14-/m0/s1. The number of nitriles is 1. The average molecular weight is 303 g/mol. The summed E-state index contributed by atoms with van der Waals surface area (Å²) in [5.41, 5.74) is 0.685.